The number of hydrogen-bond donors (Lipinski definition) is 0. The molecule has 0 aliphatic heterocycles. The minimum absolute atomic E-state index is 0.00474. The summed E-state index contributed by atoms with van der Waals surface area (Å²) in [5.74, 6) is -1.86. The van der Waals surface area contributed by atoms with Gasteiger partial charge in [-0.1, -0.05) is 30.3 Å². The first-order chi connectivity index (χ1) is 13.0. The van der Waals surface area contributed by atoms with Crippen LogP contribution in [0.25, 0.3) is 22.2 Å². The topological polar surface area (TPSA) is 34.9 Å². The molecule has 0 aliphatic rings. The monoisotopic (exact) mass is 366 g/mol. The zero-order valence-electron chi connectivity index (χ0n) is 14.0. The van der Waals surface area contributed by atoms with E-state index in [0.717, 1.165) is 12.1 Å². The molecule has 0 bridgehead atoms. The third-order valence-electron chi connectivity index (χ3n) is 4.30. The van der Waals surface area contributed by atoms with Gasteiger partial charge in [-0.2, -0.15) is 5.10 Å². The van der Waals surface area contributed by atoms with Crippen molar-refractivity contribution in [3.8, 4) is 11.3 Å². The van der Waals surface area contributed by atoms with Crippen LogP contribution in [0.5, 0.6) is 0 Å². The molecule has 0 atom stereocenters. The molecule has 3 aromatic carbocycles. The Balaban J connectivity index is 1.94. The molecule has 27 heavy (non-hydrogen) atoms. The normalized spacial score (nSPS) is 11.1. The molecule has 0 N–H and O–H groups in total. The Morgan fingerprint density at radius 3 is 2.41 bits per heavy atom. The molecule has 0 spiro atoms. The zero-order valence-corrected chi connectivity index (χ0v) is 14.0. The maximum absolute atomic E-state index is 14.1. The standard InChI is InChI=1S/C21H13F3N2O/c22-15-5-3-4-13(10-15)20-21(27)17-6-1-2-7-19(17)26(25-20)12-14-8-9-16(23)11-18(14)24/h1-11H,12H2. The SMILES string of the molecule is O=c1c(-c2cccc(F)c2)nn(Cc2ccc(F)cc2F)c2ccccc12. The molecule has 4 rings (SSSR count). The summed E-state index contributed by atoms with van der Waals surface area (Å²) in [4.78, 5) is 12.8. The highest BCUT2D eigenvalue weighted by atomic mass is 19.1. The number of fused-ring (bicyclic) bond motifs is 1. The van der Waals surface area contributed by atoms with Gasteiger partial charge in [-0.3, -0.25) is 9.48 Å². The smallest absolute Gasteiger partial charge is 0.215 e. The molecule has 1 heterocycles. The quantitative estimate of drug-likeness (QED) is 0.534. The molecular formula is C21H13F3N2O. The van der Waals surface area contributed by atoms with E-state index in [1.54, 1.807) is 30.3 Å². The molecule has 4 aromatic rings. The van der Waals surface area contributed by atoms with Crippen LogP contribution >= 0.6 is 0 Å². The highest BCUT2D eigenvalue weighted by Gasteiger charge is 2.14. The van der Waals surface area contributed by atoms with Gasteiger partial charge in [0.25, 0.3) is 0 Å². The van der Waals surface area contributed by atoms with Crippen molar-refractivity contribution in [1.29, 1.82) is 0 Å². The van der Waals surface area contributed by atoms with Gasteiger partial charge in [0.1, 0.15) is 23.1 Å². The number of halogens is 3. The molecule has 0 saturated carbocycles. The van der Waals surface area contributed by atoms with E-state index in [4.69, 9.17) is 0 Å². The van der Waals surface area contributed by atoms with Gasteiger partial charge in [-0.05, 0) is 30.3 Å². The molecule has 0 fully saturated rings. The van der Waals surface area contributed by atoms with Crippen LogP contribution in [-0.4, -0.2) is 9.78 Å². The maximum Gasteiger partial charge on any atom is 0.215 e. The fourth-order valence-corrected chi connectivity index (χ4v) is 2.99. The Kier molecular flexibility index (Phi) is 4.24. The van der Waals surface area contributed by atoms with Crippen LogP contribution in [-0.2, 0) is 6.54 Å². The Labute approximate surface area is 152 Å². The van der Waals surface area contributed by atoms with E-state index in [0.29, 0.717) is 16.5 Å². The first-order valence-corrected chi connectivity index (χ1v) is 8.22. The first-order valence-electron chi connectivity index (χ1n) is 8.22. The lowest BCUT2D eigenvalue weighted by atomic mass is 10.1. The maximum atomic E-state index is 14.1. The van der Waals surface area contributed by atoms with Crippen molar-refractivity contribution in [2.24, 2.45) is 0 Å². The Bertz CT molecular complexity index is 1220. The van der Waals surface area contributed by atoms with Gasteiger partial charge < -0.3 is 0 Å². The lowest BCUT2D eigenvalue weighted by Crippen LogP contribution is -2.17. The number of para-hydroxylation sites is 1. The number of nitrogens with zero attached hydrogens (tertiary/aromatic N) is 2. The molecule has 134 valence electrons. The van der Waals surface area contributed by atoms with Crippen LogP contribution in [0.15, 0.2) is 71.5 Å². The van der Waals surface area contributed by atoms with E-state index in [2.05, 4.69) is 5.10 Å². The van der Waals surface area contributed by atoms with Crippen molar-refractivity contribution in [3.05, 3.63) is 100.0 Å². The molecule has 0 radical (unpaired) electrons. The Morgan fingerprint density at radius 2 is 1.63 bits per heavy atom. The minimum Gasteiger partial charge on any atom is -0.287 e. The highest BCUT2D eigenvalue weighted by molar-refractivity contribution is 5.82. The van der Waals surface area contributed by atoms with E-state index in [9.17, 15) is 18.0 Å². The predicted octanol–water partition coefficient (Wildman–Crippen LogP) is 4.53. The summed E-state index contributed by atoms with van der Waals surface area (Å²) >= 11 is 0. The first kappa shape index (κ1) is 17.0. The van der Waals surface area contributed by atoms with E-state index in [-0.39, 0.29) is 23.2 Å². The second-order valence-corrected chi connectivity index (χ2v) is 6.10. The lowest BCUT2D eigenvalue weighted by molar-refractivity contribution is 0.560. The third kappa shape index (κ3) is 3.21. The van der Waals surface area contributed by atoms with Gasteiger partial charge in [-0.15, -0.1) is 0 Å². The van der Waals surface area contributed by atoms with E-state index >= 15 is 0 Å². The molecule has 6 heteroatoms. The summed E-state index contributed by atoms with van der Waals surface area (Å²) in [6.07, 6.45) is 0. The summed E-state index contributed by atoms with van der Waals surface area (Å²) in [5.41, 5.74) is 0.788. The minimum atomic E-state index is -0.702. The van der Waals surface area contributed by atoms with Crippen LogP contribution in [0.3, 0.4) is 0 Å². The average molecular weight is 366 g/mol. The summed E-state index contributed by atoms with van der Waals surface area (Å²) in [5, 5.41) is 4.73. The fraction of sp³-hybridized carbons (Fsp3) is 0.0476. The number of rotatable bonds is 3. The van der Waals surface area contributed by atoms with Gasteiger partial charge in [0.05, 0.1) is 12.1 Å². The summed E-state index contributed by atoms with van der Waals surface area (Å²) in [6.45, 7) is -0.00474. The van der Waals surface area contributed by atoms with Crippen molar-refractivity contribution in [2.45, 2.75) is 6.54 Å². The van der Waals surface area contributed by atoms with Crippen molar-refractivity contribution in [3.63, 3.8) is 0 Å². The van der Waals surface area contributed by atoms with Crippen LogP contribution < -0.4 is 5.43 Å². The van der Waals surface area contributed by atoms with Gasteiger partial charge in [0, 0.05) is 22.6 Å². The fourth-order valence-electron chi connectivity index (χ4n) is 2.99. The van der Waals surface area contributed by atoms with E-state index in [1.807, 2.05) is 0 Å². The molecule has 0 aliphatic carbocycles. The Hall–Kier alpha value is -3.41. The van der Waals surface area contributed by atoms with Crippen molar-refractivity contribution >= 4 is 10.9 Å². The van der Waals surface area contributed by atoms with Gasteiger partial charge >= 0.3 is 0 Å². The van der Waals surface area contributed by atoms with Crippen LogP contribution in [0.1, 0.15) is 5.56 Å². The molecule has 0 saturated heterocycles. The molecular weight excluding hydrogens is 353 g/mol. The lowest BCUT2D eigenvalue weighted by Gasteiger charge is -2.13. The second-order valence-electron chi connectivity index (χ2n) is 6.10. The van der Waals surface area contributed by atoms with Crippen molar-refractivity contribution in [1.82, 2.24) is 9.78 Å². The average Bonchev–Trinajstić information content (AvgIpc) is 2.66. The number of hydrogen-bond acceptors (Lipinski definition) is 2. The number of aromatic nitrogens is 2. The predicted molar refractivity (Wildman–Crippen MR) is 96.9 cm³/mol. The molecule has 0 unspecified atom stereocenters. The second kappa shape index (κ2) is 6.72. The van der Waals surface area contributed by atoms with Crippen molar-refractivity contribution in [2.75, 3.05) is 0 Å². The van der Waals surface area contributed by atoms with Crippen molar-refractivity contribution < 1.29 is 13.2 Å². The van der Waals surface area contributed by atoms with Crippen LogP contribution in [0.4, 0.5) is 13.2 Å². The highest BCUT2D eigenvalue weighted by Crippen LogP contribution is 2.20. The molecule has 0 amide bonds. The summed E-state index contributed by atoms with van der Waals surface area (Å²) in [6, 6.07) is 15.7. The summed E-state index contributed by atoms with van der Waals surface area (Å²) < 4.78 is 42.4. The zero-order chi connectivity index (χ0) is 19.0. The molecule has 1 aromatic heterocycles. The molecule has 3 nitrogen and oxygen atoms in total. The van der Waals surface area contributed by atoms with E-state index < -0.39 is 17.5 Å². The van der Waals surface area contributed by atoms with Gasteiger partial charge in [0.2, 0.25) is 5.43 Å². The summed E-state index contributed by atoms with van der Waals surface area (Å²) in [7, 11) is 0. The van der Waals surface area contributed by atoms with Gasteiger partial charge in [0.15, 0.2) is 0 Å². The van der Waals surface area contributed by atoms with Crippen LogP contribution in [0.2, 0.25) is 0 Å². The third-order valence-corrected chi connectivity index (χ3v) is 4.30. The largest absolute Gasteiger partial charge is 0.287 e. The Morgan fingerprint density at radius 1 is 0.852 bits per heavy atom. The van der Waals surface area contributed by atoms with Crippen LogP contribution in [0, 0.1) is 17.5 Å². The number of benzene rings is 3. The van der Waals surface area contributed by atoms with E-state index in [1.165, 1.54) is 28.9 Å². The van der Waals surface area contributed by atoms with Gasteiger partial charge in [-0.25, -0.2) is 13.2 Å².